The topological polar surface area (TPSA) is 50.2 Å². The molecule has 28 heavy (non-hydrogen) atoms. The van der Waals surface area contributed by atoms with Crippen LogP contribution in [0.15, 0.2) is 30.5 Å². The van der Waals surface area contributed by atoms with E-state index in [-0.39, 0.29) is 11.8 Å². The van der Waals surface area contributed by atoms with Crippen LogP contribution in [0.3, 0.4) is 0 Å². The van der Waals surface area contributed by atoms with E-state index in [1.165, 1.54) is 12.1 Å². The van der Waals surface area contributed by atoms with Crippen LogP contribution in [-0.4, -0.2) is 33.7 Å². The predicted molar refractivity (Wildman–Crippen MR) is 101 cm³/mol. The minimum absolute atomic E-state index is 0.0209. The van der Waals surface area contributed by atoms with E-state index in [1.54, 1.807) is 16.9 Å². The molecule has 0 atom stereocenters. The first-order chi connectivity index (χ1) is 13.2. The zero-order valence-corrected chi connectivity index (χ0v) is 16.1. The van der Waals surface area contributed by atoms with E-state index in [9.17, 15) is 18.0 Å². The number of likely N-dealkylation sites (tertiary alicyclic amines) is 1. The number of rotatable bonds is 5. The summed E-state index contributed by atoms with van der Waals surface area (Å²) in [7, 11) is 1.81. The van der Waals surface area contributed by atoms with E-state index in [0.29, 0.717) is 18.5 Å². The lowest BCUT2D eigenvalue weighted by atomic mass is 9.93. The fourth-order valence-electron chi connectivity index (χ4n) is 3.64. The summed E-state index contributed by atoms with van der Waals surface area (Å²) < 4.78 is 40.2. The van der Waals surface area contributed by atoms with E-state index >= 15 is 0 Å². The van der Waals surface area contributed by atoms with Crippen LogP contribution in [-0.2, 0) is 24.6 Å². The second-order valence-electron chi connectivity index (χ2n) is 7.47. The molecule has 0 aliphatic carbocycles. The maximum Gasteiger partial charge on any atom is 0.416 e. The van der Waals surface area contributed by atoms with Crippen LogP contribution >= 0.6 is 0 Å². The monoisotopic (exact) mass is 394 g/mol. The zero-order chi connectivity index (χ0) is 20.3. The molecule has 1 saturated heterocycles. The first-order valence-corrected chi connectivity index (χ1v) is 9.39. The summed E-state index contributed by atoms with van der Waals surface area (Å²) in [6.07, 6.45) is -0.365. The Balaban J connectivity index is 1.47. The number of benzene rings is 1. The maximum atomic E-state index is 12.8. The molecule has 1 fully saturated rings. The van der Waals surface area contributed by atoms with Crippen molar-refractivity contribution in [3.8, 4) is 0 Å². The Labute approximate surface area is 162 Å². The van der Waals surface area contributed by atoms with Crippen LogP contribution in [0, 0.1) is 12.8 Å². The Kier molecular flexibility index (Phi) is 6.07. The number of hydrogen-bond donors (Lipinski definition) is 1. The molecular weight excluding hydrogens is 369 g/mol. The number of amides is 1. The molecule has 0 radical (unpaired) electrons. The number of hydrogen-bond acceptors (Lipinski definition) is 3. The normalized spacial score (nSPS) is 16.3. The fraction of sp³-hybridized carbons (Fsp3) is 0.500. The van der Waals surface area contributed by atoms with Gasteiger partial charge in [0.1, 0.15) is 0 Å². The number of nitrogens with zero attached hydrogens (tertiary/aromatic N) is 3. The highest BCUT2D eigenvalue weighted by Crippen LogP contribution is 2.30. The van der Waals surface area contributed by atoms with Gasteiger partial charge in [-0.3, -0.25) is 14.4 Å². The van der Waals surface area contributed by atoms with Gasteiger partial charge < -0.3 is 5.32 Å². The number of alkyl halides is 3. The zero-order valence-electron chi connectivity index (χ0n) is 16.1. The van der Waals surface area contributed by atoms with Gasteiger partial charge in [0.15, 0.2) is 0 Å². The average molecular weight is 394 g/mol. The summed E-state index contributed by atoms with van der Waals surface area (Å²) in [5, 5.41) is 7.11. The van der Waals surface area contributed by atoms with Crippen molar-refractivity contribution in [1.82, 2.24) is 14.7 Å². The molecule has 8 heteroatoms. The molecule has 2 heterocycles. The number of carbonyl (C=O) groups excluding carboxylic acids is 1. The lowest BCUT2D eigenvalue weighted by Crippen LogP contribution is -2.34. The number of nitrogens with one attached hydrogen (secondary N) is 1. The van der Waals surface area contributed by atoms with E-state index in [1.807, 2.05) is 14.0 Å². The highest BCUT2D eigenvalue weighted by atomic mass is 19.4. The SMILES string of the molecule is Cc1nn(C)cc1NC(=O)CC1CCN(Cc2cccc(C(F)(F)F)c2)CC1. The van der Waals surface area contributed by atoms with Gasteiger partial charge in [-0.1, -0.05) is 18.2 Å². The average Bonchev–Trinajstić information content (AvgIpc) is 2.93. The summed E-state index contributed by atoms with van der Waals surface area (Å²) in [4.78, 5) is 14.4. The Morgan fingerprint density at radius 2 is 2.00 bits per heavy atom. The minimum atomic E-state index is -4.32. The van der Waals surface area contributed by atoms with Crippen molar-refractivity contribution in [2.24, 2.45) is 13.0 Å². The molecule has 1 aromatic heterocycles. The van der Waals surface area contributed by atoms with Gasteiger partial charge in [0, 0.05) is 26.2 Å². The first kappa shape index (κ1) is 20.4. The fourth-order valence-corrected chi connectivity index (χ4v) is 3.64. The summed E-state index contributed by atoms with van der Waals surface area (Å²) in [6.45, 7) is 3.90. The molecule has 1 amide bonds. The molecule has 0 unspecified atom stereocenters. The maximum absolute atomic E-state index is 12.8. The summed E-state index contributed by atoms with van der Waals surface area (Å²) in [6, 6.07) is 5.49. The molecule has 1 aliphatic heterocycles. The molecule has 5 nitrogen and oxygen atoms in total. The van der Waals surface area contributed by atoms with Crippen LogP contribution in [0.25, 0.3) is 0 Å². The number of aryl methyl sites for hydroxylation is 2. The van der Waals surface area contributed by atoms with E-state index in [4.69, 9.17) is 0 Å². The quantitative estimate of drug-likeness (QED) is 0.834. The summed E-state index contributed by atoms with van der Waals surface area (Å²) in [5.41, 5.74) is 1.57. The molecule has 0 spiro atoms. The Bertz CT molecular complexity index is 823. The first-order valence-electron chi connectivity index (χ1n) is 9.39. The molecule has 2 aromatic rings. The van der Waals surface area contributed by atoms with Crippen LogP contribution in [0.5, 0.6) is 0 Å². The number of aromatic nitrogens is 2. The summed E-state index contributed by atoms with van der Waals surface area (Å²) >= 11 is 0. The number of carbonyl (C=O) groups is 1. The third kappa shape index (κ3) is 5.34. The van der Waals surface area contributed by atoms with Gasteiger partial charge in [-0.15, -0.1) is 0 Å². The van der Waals surface area contributed by atoms with Crippen molar-refractivity contribution >= 4 is 11.6 Å². The van der Waals surface area contributed by atoms with Crippen LogP contribution < -0.4 is 5.32 Å². The molecule has 3 rings (SSSR count). The van der Waals surface area contributed by atoms with Crippen molar-refractivity contribution in [3.63, 3.8) is 0 Å². The van der Waals surface area contributed by atoms with Crippen molar-refractivity contribution < 1.29 is 18.0 Å². The molecule has 0 bridgehead atoms. The molecule has 0 saturated carbocycles. The van der Waals surface area contributed by atoms with Gasteiger partial charge in [-0.2, -0.15) is 18.3 Å². The van der Waals surface area contributed by atoms with Crippen molar-refractivity contribution in [1.29, 1.82) is 0 Å². The number of piperidine rings is 1. The molecule has 1 N–H and O–H groups in total. The standard InChI is InChI=1S/C20H25F3N4O/c1-14-18(13-26(2)25-14)24-19(28)11-15-6-8-27(9-7-15)12-16-4-3-5-17(10-16)20(21,22)23/h3-5,10,13,15H,6-9,11-12H2,1-2H3,(H,24,28). The van der Waals surface area contributed by atoms with Crippen LogP contribution in [0.2, 0.25) is 0 Å². The van der Waals surface area contributed by atoms with Gasteiger partial charge in [0.2, 0.25) is 5.91 Å². The minimum Gasteiger partial charge on any atom is -0.323 e. The van der Waals surface area contributed by atoms with Crippen molar-refractivity contribution in [2.75, 3.05) is 18.4 Å². The van der Waals surface area contributed by atoms with Gasteiger partial charge in [0.25, 0.3) is 0 Å². The largest absolute Gasteiger partial charge is 0.416 e. The van der Waals surface area contributed by atoms with Gasteiger partial charge >= 0.3 is 6.18 Å². The third-order valence-corrected chi connectivity index (χ3v) is 5.13. The molecule has 1 aromatic carbocycles. The van der Waals surface area contributed by atoms with Crippen LogP contribution in [0.4, 0.5) is 18.9 Å². The van der Waals surface area contributed by atoms with Gasteiger partial charge in [-0.25, -0.2) is 0 Å². The number of anilines is 1. The van der Waals surface area contributed by atoms with Crippen LogP contribution in [0.1, 0.15) is 36.1 Å². The third-order valence-electron chi connectivity index (χ3n) is 5.13. The Hall–Kier alpha value is -2.35. The van der Waals surface area contributed by atoms with Gasteiger partial charge in [0.05, 0.1) is 16.9 Å². The smallest absolute Gasteiger partial charge is 0.323 e. The van der Waals surface area contributed by atoms with E-state index < -0.39 is 11.7 Å². The second kappa shape index (κ2) is 8.34. The van der Waals surface area contributed by atoms with Gasteiger partial charge in [-0.05, 0) is 50.4 Å². The van der Waals surface area contributed by atoms with E-state index in [0.717, 1.165) is 43.4 Å². The second-order valence-corrected chi connectivity index (χ2v) is 7.47. The summed E-state index contributed by atoms with van der Waals surface area (Å²) in [5.74, 6) is 0.266. The van der Waals surface area contributed by atoms with Crippen molar-refractivity contribution in [2.45, 2.75) is 38.9 Å². The highest BCUT2D eigenvalue weighted by molar-refractivity contribution is 5.91. The molecular formula is C20H25F3N4O. The lowest BCUT2D eigenvalue weighted by Gasteiger charge is -2.31. The predicted octanol–water partition coefficient (Wildman–Crippen LogP) is 3.99. The Morgan fingerprint density at radius 1 is 1.29 bits per heavy atom. The highest BCUT2D eigenvalue weighted by Gasteiger charge is 2.30. The van der Waals surface area contributed by atoms with E-state index in [2.05, 4.69) is 15.3 Å². The number of halogens is 3. The van der Waals surface area contributed by atoms with Crippen molar-refractivity contribution in [3.05, 3.63) is 47.3 Å². The molecule has 1 aliphatic rings. The Morgan fingerprint density at radius 3 is 2.61 bits per heavy atom. The molecule has 152 valence electrons. The lowest BCUT2D eigenvalue weighted by molar-refractivity contribution is -0.137.